The number of aromatic nitrogens is 2. The number of aliphatic hydroxyl groups is 1. The van der Waals surface area contributed by atoms with E-state index in [1.54, 1.807) is 19.1 Å². The van der Waals surface area contributed by atoms with Crippen LogP contribution >= 0.6 is 23.4 Å². The van der Waals surface area contributed by atoms with Crippen LogP contribution < -0.4 is 15.0 Å². The topological polar surface area (TPSA) is 99.9 Å². The van der Waals surface area contributed by atoms with Gasteiger partial charge in [-0.05, 0) is 42.8 Å². The first kappa shape index (κ1) is 22.4. The molecule has 0 saturated carbocycles. The van der Waals surface area contributed by atoms with Crippen LogP contribution in [0.3, 0.4) is 0 Å². The fraction of sp³-hybridized carbons (Fsp3) is 0.318. The SMILES string of the molecule is COC(=O)c1ccc2c(=O)n(C[C@H](C)O)c(SCc3cc(Cl)c4c(c3)OCCO4)nc2c1. The number of carbonyl (C=O) groups excluding carboxylic acids is 1. The number of rotatable bonds is 6. The van der Waals surface area contributed by atoms with Crippen LogP contribution in [0.15, 0.2) is 40.3 Å². The monoisotopic (exact) mass is 476 g/mol. The highest BCUT2D eigenvalue weighted by Gasteiger charge is 2.19. The standard InChI is InChI=1S/C22H21ClN2O6S/c1-12(26)10-25-20(27)15-4-3-14(21(28)29-2)9-17(15)24-22(25)32-11-13-7-16(23)19-18(8-13)30-5-6-31-19/h3-4,7-9,12,26H,5-6,10-11H2,1-2H3/t12-/m0/s1. The van der Waals surface area contributed by atoms with Crippen molar-refractivity contribution in [3.63, 3.8) is 0 Å². The van der Waals surface area contributed by atoms with Crippen LogP contribution in [0.1, 0.15) is 22.8 Å². The molecular formula is C22H21ClN2O6S. The summed E-state index contributed by atoms with van der Waals surface area (Å²) in [7, 11) is 1.29. The lowest BCUT2D eigenvalue weighted by Gasteiger charge is -2.20. The van der Waals surface area contributed by atoms with Crippen molar-refractivity contribution in [2.45, 2.75) is 30.5 Å². The number of aliphatic hydroxyl groups excluding tert-OH is 1. The van der Waals surface area contributed by atoms with Gasteiger partial charge in [-0.3, -0.25) is 9.36 Å². The molecule has 2 heterocycles. The first-order chi connectivity index (χ1) is 15.4. The maximum absolute atomic E-state index is 13.1. The van der Waals surface area contributed by atoms with Gasteiger partial charge in [-0.25, -0.2) is 9.78 Å². The zero-order chi connectivity index (χ0) is 22.8. The van der Waals surface area contributed by atoms with Crippen LogP contribution in [0, 0.1) is 0 Å². The van der Waals surface area contributed by atoms with Gasteiger partial charge in [0, 0.05) is 5.75 Å². The van der Waals surface area contributed by atoms with Gasteiger partial charge in [0.05, 0.1) is 41.2 Å². The summed E-state index contributed by atoms with van der Waals surface area (Å²) in [5, 5.41) is 11.1. The maximum Gasteiger partial charge on any atom is 0.337 e. The van der Waals surface area contributed by atoms with Crippen LogP contribution in [-0.4, -0.2) is 47.1 Å². The van der Waals surface area contributed by atoms with Gasteiger partial charge in [-0.1, -0.05) is 23.4 Å². The minimum Gasteiger partial charge on any atom is -0.486 e. The van der Waals surface area contributed by atoms with Crippen molar-refractivity contribution in [2.24, 2.45) is 0 Å². The molecule has 1 aliphatic rings. The fourth-order valence-electron chi connectivity index (χ4n) is 3.38. The molecule has 2 aromatic carbocycles. The minimum absolute atomic E-state index is 0.0881. The summed E-state index contributed by atoms with van der Waals surface area (Å²) >= 11 is 7.65. The maximum atomic E-state index is 13.1. The average molecular weight is 477 g/mol. The van der Waals surface area contributed by atoms with E-state index < -0.39 is 12.1 Å². The largest absolute Gasteiger partial charge is 0.486 e. The molecule has 168 valence electrons. The molecule has 4 rings (SSSR count). The number of hydrogen-bond acceptors (Lipinski definition) is 8. The molecule has 0 bridgehead atoms. The Morgan fingerprint density at radius 1 is 1.31 bits per heavy atom. The van der Waals surface area contributed by atoms with E-state index in [-0.39, 0.29) is 12.1 Å². The number of halogens is 1. The number of carbonyl (C=O) groups is 1. The quantitative estimate of drug-likeness (QED) is 0.328. The Bertz CT molecular complexity index is 1240. The molecule has 0 fully saturated rings. The Hall–Kier alpha value is -2.75. The first-order valence-corrected chi connectivity index (χ1v) is 11.3. The van der Waals surface area contributed by atoms with E-state index in [1.807, 2.05) is 6.07 Å². The van der Waals surface area contributed by atoms with Crippen molar-refractivity contribution >= 4 is 40.2 Å². The molecule has 0 aliphatic carbocycles. The molecule has 1 aromatic heterocycles. The third-order valence-electron chi connectivity index (χ3n) is 4.81. The fourth-order valence-corrected chi connectivity index (χ4v) is 4.60. The first-order valence-electron chi connectivity index (χ1n) is 9.89. The summed E-state index contributed by atoms with van der Waals surface area (Å²) in [6.07, 6.45) is -0.746. The smallest absolute Gasteiger partial charge is 0.337 e. The van der Waals surface area contributed by atoms with Gasteiger partial charge < -0.3 is 19.3 Å². The van der Waals surface area contributed by atoms with Gasteiger partial charge in [0.2, 0.25) is 0 Å². The second kappa shape index (κ2) is 9.40. The molecule has 0 saturated heterocycles. The van der Waals surface area contributed by atoms with Crippen molar-refractivity contribution in [1.29, 1.82) is 0 Å². The number of fused-ring (bicyclic) bond motifs is 2. The van der Waals surface area contributed by atoms with E-state index in [4.69, 9.17) is 25.8 Å². The average Bonchev–Trinajstić information content (AvgIpc) is 2.78. The Balaban J connectivity index is 1.72. The molecule has 1 N–H and O–H groups in total. The van der Waals surface area contributed by atoms with E-state index >= 15 is 0 Å². The highest BCUT2D eigenvalue weighted by molar-refractivity contribution is 7.98. The lowest BCUT2D eigenvalue weighted by Crippen LogP contribution is -2.28. The Morgan fingerprint density at radius 2 is 2.09 bits per heavy atom. The van der Waals surface area contributed by atoms with Crippen LogP contribution in [-0.2, 0) is 17.0 Å². The molecule has 0 radical (unpaired) electrons. The van der Waals surface area contributed by atoms with E-state index in [0.717, 1.165) is 5.56 Å². The summed E-state index contributed by atoms with van der Waals surface area (Å²) in [6.45, 7) is 2.58. The second-order valence-electron chi connectivity index (χ2n) is 7.27. The van der Waals surface area contributed by atoms with Gasteiger partial charge in [0.25, 0.3) is 5.56 Å². The lowest BCUT2D eigenvalue weighted by atomic mass is 10.1. The third kappa shape index (κ3) is 4.55. The predicted molar refractivity (Wildman–Crippen MR) is 121 cm³/mol. The van der Waals surface area contributed by atoms with Gasteiger partial charge in [0.15, 0.2) is 16.7 Å². The lowest BCUT2D eigenvalue weighted by molar-refractivity contribution is 0.0601. The van der Waals surface area contributed by atoms with Crippen molar-refractivity contribution in [1.82, 2.24) is 9.55 Å². The summed E-state index contributed by atoms with van der Waals surface area (Å²) in [5.74, 6) is 1.04. The molecule has 3 aromatic rings. The number of methoxy groups -OCH3 is 1. The normalized spacial score (nSPS) is 13.8. The van der Waals surface area contributed by atoms with Crippen molar-refractivity contribution in [3.05, 3.63) is 56.8 Å². The van der Waals surface area contributed by atoms with Gasteiger partial charge in [0.1, 0.15) is 13.2 Å². The van der Waals surface area contributed by atoms with Crippen LogP contribution in [0.4, 0.5) is 0 Å². The van der Waals surface area contributed by atoms with Crippen LogP contribution in [0.5, 0.6) is 11.5 Å². The minimum atomic E-state index is -0.746. The summed E-state index contributed by atoms with van der Waals surface area (Å²) in [6, 6.07) is 8.23. The zero-order valence-electron chi connectivity index (χ0n) is 17.5. The Morgan fingerprint density at radius 3 is 2.84 bits per heavy atom. The summed E-state index contributed by atoms with van der Waals surface area (Å²) in [5.41, 5.74) is 1.25. The Labute approximate surface area is 193 Å². The number of thioether (sulfide) groups is 1. The molecule has 0 unspecified atom stereocenters. The summed E-state index contributed by atoms with van der Waals surface area (Å²) < 4.78 is 17.4. The highest BCUT2D eigenvalue weighted by atomic mass is 35.5. The zero-order valence-corrected chi connectivity index (χ0v) is 19.0. The van der Waals surface area contributed by atoms with Crippen LogP contribution in [0.2, 0.25) is 5.02 Å². The van der Waals surface area contributed by atoms with Gasteiger partial charge in [-0.15, -0.1) is 0 Å². The number of ether oxygens (including phenoxy) is 3. The number of benzene rings is 2. The molecule has 10 heteroatoms. The molecule has 0 spiro atoms. The van der Waals surface area contributed by atoms with Crippen LogP contribution in [0.25, 0.3) is 10.9 Å². The number of hydrogen-bond donors (Lipinski definition) is 1. The van der Waals surface area contributed by atoms with Crippen molar-refractivity contribution in [3.8, 4) is 11.5 Å². The van der Waals surface area contributed by atoms with Gasteiger partial charge >= 0.3 is 5.97 Å². The molecule has 0 amide bonds. The van der Waals surface area contributed by atoms with E-state index in [1.165, 1.54) is 35.6 Å². The molecule has 8 nitrogen and oxygen atoms in total. The van der Waals surface area contributed by atoms with E-state index in [0.29, 0.717) is 57.1 Å². The molecule has 1 atom stereocenters. The van der Waals surface area contributed by atoms with Crippen molar-refractivity contribution < 1.29 is 24.1 Å². The number of esters is 1. The number of nitrogens with zero attached hydrogens (tertiary/aromatic N) is 2. The molecule has 1 aliphatic heterocycles. The van der Waals surface area contributed by atoms with Gasteiger partial charge in [-0.2, -0.15) is 0 Å². The van der Waals surface area contributed by atoms with Crippen molar-refractivity contribution in [2.75, 3.05) is 20.3 Å². The third-order valence-corrected chi connectivity index (χ3v) is 6.14. The molecular weight excluding hydrogens is 456 g/mol. The second-order valence-corrected chi connectivity index (χ2v) is 8.62. The Kier molecular flexibility index (Phi) is 6.59. The molecule has 32 heavy (non-hydrogen) atoms. The predicted octanol–water partition coefficient (Wildman–Crippen LogP) is 3.28. The summed E-state index contributed by atoms with van der Waals surface area (Å²) in [4.78, 5) is 29.6. The van der Waals surface area contributed by atoms with E-state index in [9.17, 15) is 14.7 Å². The highest BCUT2D eigenvalue weighted by Crippen LogP contribution is 2.39. The van der Waals surface area contributed by atoms with E-state index in [2.05, 4.69) is 4.98 Å².